The summed E-state index contributed by atoms with van der Waals surface area (Å²) in [5, 5.41) is 5.07. The Bertz CT molecular complexity index is 1120. The number of hydrogen-bond donors (Lipinski definition) is 0. The summed E-state index contributed by atoms with van der Waals surface area (Å²) in [5.74, 6) is 1.36. The van der Waals surface area contributed by atoms with Crippen LogP contribution in [0.15, 0.2) is 32.8 Å². The van der Waals surface area contributed by atoms with Gasteiger partial charge in [-0.25, -0.2) is 4.98 Å². The van der Waals surface area contributed by atoms with E-state index in [0.29, 0.717) is 11.5 Å². The molecule has 0 bridgehead atoms. The first-order valence-corrected chi connectivity index (χ1v) is 9.97. The Labute approximate surface area is 161 Å². The maximum absolute atomic E-state index is 12.9. The van der Waals surface area contributed by atoms with E-state index in [2.05, 4.69) is 26.0 Å². The Morgan fingerprint density at radius 1 is 1.23 bits per heavy atom. The molecule has 6 nitrogen and oxygen atoms in total. The van der Waals surface area contributed by atoms with E-state index in [0.717, 1.165) is 39.5 Å². The molecule has 0 saturated heterocycles. The van der Waals surface area contributed by atoms with Crippen LogP contribution >= 0.6 is 27.3 Å². The van der Waals surface area contributed by atoms with E-state index in [1.807, 2.05) is 12.1 Å². The lowest BCUT2D eigenvalue weighted by atomic mass is 9.97. The molecule has 0 saturated carbocycles. The Balaban J connectivity index is 1.57. The zero-order chi connectivity index (χ0) is 17.7. The first-order valence-electron chi connectivity index (χ1n) is 8.36. The van der Waals surface area contributed by atoms with Gasteiger partial charge < -0.3 is 9.47 Å². The summed E-state index contributed by atoms with van der Waals surface area (Å²) in [6.07, 6.45) is 7.42. The van der Waals surface area contributed by atoms with Gasteiger partial charge in [-0.3, -0.25) is 4.79 Å². The number of benzene rings is 1. The average Bonchev–Trinajstić information content (AvgIpc) is 3.24. The number of nitrogens with zero attached hydrogens (tertiary/aromatic N) is 3. The van der Waals surface area contributed by atoms with Gasteiger partial charge in [0.15, 0.2) is 11.5 Å². The third-order valence-electron chi connectivity index (χ3n) is 4.67. The minimum atomic E-state index is -0.109. The van der Waals surface area contributed by atoms with Crippen molar-refractivity contribution < 1.29 is 9.47 Å². The van der Waals surface area contributed by atoms with Gasteiger partial charge in [0.2, 0.25) is 6.79 Å². The fraction of sp³-hybridized carbons (Fsp3) is 0.278. The van der Waals surface area contributed by atoms with Crippen LogP contribution in [0, 0.1) is 0 Å². The van der Waals surface area contributed by atoms with Crippen LogP contribution in [0.3, 0.4) is 0 Å². The van der Waals surface area contributed by atoms with Gasteiger partial charge in [-0.1, -0.05) is 0 Å². The molecule has 0 amide bonds. The molecule has 5 rings (SSSR count). The molecule has 0 N–H and O–H groups in total. The van der Waals surface area contributed by atoms with Gasteiger partial charge in [0.1, 0.15) is 11.2 Å². The molecule has 1 aliphatic heterocycles. The number of halogens is 1. The van der Waals surface area contributed by atoms with Crippen LogP contribution < -0.4 is 15.0 Å². The van der Waals surface area contributed by atoms with Crippen LogP contribution in [0.25, 0.3) is 10.2 Å². The van der Waals surface area contributed by atoms with E-state index in [4.69, 9.17) is 9.47 Å². The Morgan fingerprint density at radius 2 is 2.04 bits per heavy atom. The van der Waals surface area contributed by atoms with Gasteiger partial charge in [-0.2, -0.15) is 9.78 Å². The van der Waals surface area contributed by atoms with Gasteiger partial charge in [0.25, 0.3) is 5.56 Å². The van der Waals surface area contributed by atoms with Crippen LogP contribution in [0.4, 0.5) is 0 Å². The van der Waals surface area contributed by atoms with Crippen LogP contribution in [0.2, 0.25) is 0 Å². The number of ether oxygens (including phenoxy) is 2. The number of hydrogen-bond acceptors (Lipinski definition) is 6. The number of thiophene rings is 1. The van der Waals surface area contributed by atoms with Gasteiger partial charge in [-0.15, -0.1) is 11.3 Å². The standard InChI is InChI=1S/C18H14BrN3O3S/c19-12-6-14-13(24-9-25-14)5-10(12)7-21-22-8-20-17-16(18(22)23)11-3-1-2-4-15(11)26-17/h5-8H,1-4,9H2/b21-7-. The number of rotatable bonds is 2. The predicted octanol–water partition coefficient (Wildman–Crippen LogP) is 3.71. The van der Waals surface area contributed by atoms with Crippen LogP contribution in [0.5, 0.6) is 11.5 Å². The summed E-state index contributed by atoms with van der Waals surface area (Å²) in [7, 11) is 0. The summed E-state index contributed by atoms with van der Waals surface area (Å²) in [6.45, 7) is 0.214. The number of fused-ring (bicyclic) bond motifs is 4. The van der Waals surface area contributed by atoms with Crippen LogP contribution in [-0.2, 0) is 12.8 Å². The highest BCUT2D eigenvalue weighted by atomic mass is 79.9. The molecule has 132 valence electrons. The zero-order valence-corrected chi connectivity index (χ0v) is 16.1. The molecule has 8 heteroatoms. The van der Waals surface area contributed by atoms with Crippen molar-refractivity contribution in [3.63, 3.8) is 0 Å². The summed E-state index contributed by atoms with van der Waals surface area (Å²) in [6, 6.07) is 3.67. The Morgan fingerprint density at radius 3 is 2.92 bits per heavy atom. The van der Waals surface area contributed by atoms with Gasteiger partial charge in [-0.05, 0) is 59.3 Å². The molecule has 0 spiro atoms. The van der Waals surface area contributed by atoms with Gasteiger partial charge >= 0.3 is 0 Å². The van der Waals surface area contributed by atoms with Crippen molar-refractivity contribution in [3.8, 4) is 11.5 Å². The van der Waals surface area contributed by atoms with Crippen LogP contribution in [-0.4, -0.2) is 22.7 Å². The molecule has 26 heavy (non-hydrogen) atoms. The Kier molecular flexibility index (Phi) is 3.82. The molecule has 1 aliphatic carbocycles. The number of aryl methyl sites for hydroxylation is 2. The normalized spacial score (nSPS) is 15.7. The lowest BCUT2D eigenvalue weighted by Gasteiger charge is -2.09. The quantitative estimate of drug-likeness (QED) is 0.580. The maximum atomic E-state index is 12.9. The smallest absolute Gasteiger partial charge is 0.282 e. The first kappa shape index (κ1) is 16.0. The van der Waals surface area contributed by atoms with E-state index in [-0.39, 0.29) is 12.4 Å². The van der Waals surface area contributed by atoms with E-state index in [1.54, 1.807) is 17.6 Å². The minimum absolute atomic E-state index is 0.109. The molecule has 3 aromatic rings. The second-order valence-corrected chi connectivity index (χ2v) is 8.19. The van der Waals surface area contributed by atoms with E-state index in [1.165, 1.54) is 27.9 Å². The predicted molar refractivity (Wildman–Crippen MR) is 104 cm³/mol. The largest absolute Gasteiger partial charge is 0.454 e. The summed E-state index contributed by atoms with van der Waals surface area (Å²) >= 11 is 5.14. The monoisotopic (exact) mass is 431 g/mol. The molecule has 2 aliphatic rings. The van der Waals surface area contributed by atoms with Gasteiger partial charge in [0.05, 0.1) is 11.6 Å². The van der Waals surface area contributed by atoms with E-state index < -0.39 is 0 Å². The molecule has 0 radical (unpaired) electrons. The topological polar surface area (TPSA) is 65.7 Å². The highest BCUT2D eigenvalue weighted by Gasteiger charge is 2.20. The average molecular weight is 432 g/mol. The lowest BCUT2D eigenvalue weighted by molar-refractivity contribution is 0.174. The lowest BCUT2D eigenvalue weighted by Crippen LogP contribution is -2.18. The molecule has 2 aromatic heterocycles. The molecule has 3 heterocycles. The third kappa shape index (κ3) is 2.55. The SMILES string of the molecule is O=c1c2c3c(sc2ncn1/N=C\c1cc2c(cc1Br)OCO2)CCCC3. The van der Waals surface area contributed by atoms with Crippen molar-refractivity contribution in [2.75, 3.05) is 6.79 Å². The first-order chi connectivity index (χ1) is 12.7. The molecule has 0 fully saturated rings. The van der Waals surface area contributed by atoms with Crippen molar-refractivity contribution in [3.05, 3.63) is 49.3 Å². The maximum Gasteiger partial charge on any atom is 0.282 e. The molecule has 0 unspecified atom stereocenters. The van der Waals surface area contributed by atoms with Crippen molar-refractivity contribution in [1.29, 1.82) is 0 Å². The fourth-order valence-corrected chi connectivity index (χ4v) is 5.02. The molecular weight excluding hydrogens is 418 g/mol. The second kappa shape index (κ2) is 6.21. The zero-order valence-electron chi connectivity index (χ0n) is 13.7. The molecule has 0 atom stereocenters. The molecular formula is C18H14BrN3O3S. The minimum Gasteiger partial charge on any atom is -0.454 e. The van der Waals surface area contributed by atoms with Gasteiger partial charge in [0, 0.05) is 14.9 Å². The highest BCUT2D eigenvalue weighted by molar-refractivity contribution is 9.10. The van der Waals surface area contributed by atoms with E-state index in [9.17, 15) is 4.79 Å². The summed E-state index contributed by atoms with van der Waals surface area (Å²) < 4.78 is 12.9. The van der Waals surface area contributed by atoms with Crippen molar-refractivity contribution in [1.82, 2.24) is 9.66 Å². The fourth-order valence-electron chi connectivity index (χ4n) is 3.38. The number of aromatic nitrogens is 2. The van der Waals surface area contributed by atoms with Crippen LogP contribution in [0.1, 0.15) is 28.8 Å². The van der Waals surface area contributed by atoms with Crippen molar-refractivity contribution in [2.45, 2.75) is 25.7 Å². The molecule has 1 aromatic carbocycles. The van der Waals surface area contributed by atoms with Crippen molar-refractivity contribution in [2.24, 2.45) is 5.10 Å². The Hall–Kier alpha value is -2.19. The highest BCUT2D eigenvalue weighted by Crippen LogP contribution is 2.36. The van der Waals surface area contributed by atoms with E-state index >= 15 is 0 Å². The third-order valence-corrected chi connectivity index (χ3v) is 6.56. The summed E-state index contributed by atoms with van der Waals surface area (Å²) in [4.78, 5) is 19.5. The second-order valence-electron chi connectivity index (χ2n) is 6.26. The summed E-state index contributed by atoms with van der Waals surface area (Å²) in [5.41, 5.74) is 1.86. The van der Waals surface area contributed by atoms with Crippen molar-refractivity contribution >= 4 is 43.7 Å².